The highest BCUT2D eigenvalue weighted by Crippen LogP contribution is 2.22. The summed E-state index contributed by atoms with van der Waals surface area (Å²) in [6, 6.07) is 4.88. The van der Waals surface area contributed by atoms with E-state index in [-0.39, 0.29) is 11.7 Å². The molecule has 1 saturated heterocycles. The zero-order valence-electron chi connectivity index (χ0n) is 10.5. The van der Waals surface area contributed by atoms with E-state index in [1.807, 2.05) is 11.8 Å². The van der Waals surface area contributed by atoms with Crippen LogP contribution < -0.4 is 0 Å². The Morgan fingerprint density at radius 2 is 2.11 bits per heavy atom. The Kier molecular flexibility index (Phi) is 4.12. The topological polar surface area (TPSA) is 40.5 Å². The molecule has 2 rings (SSSR count). The summed E-state index contributed by atoms with van der Waals surface area (Å²) in [5, 5.41) is 9.36. The number of carbonyl (C=O) groups is 1. The van der Waals surface area contributed by atoms with Crippen LogP contribution in [0.5, 0.6) is 5.75 Å². The van der Waals surface area contributed by atoms with Crippen molar-refractivity contribution >= 4 is 17.5 Å². The fourth-order valence-electron chi connectivity index (χ4n) is 2.35. The van der Waals surface area contributed by atoms with Crippen LogP contribution in [0.3, 0.4) is 0 Å². The van der Waals surface area contributed by atoms with E-state index >= 15 is 0 Å². The molecule has 0 spiro atoms. The van der Waals surface area contributed by atoms with E-state index in [0.717, 1.165) is 31.5 Å². The van der Waals surface area contributed by atoms with Gasteiger partial charge in [0.1, 0.15) is 5.75 Å². The van der Waals surface area contributed by atoms with Crippen LogP contribution in [0.15, 0.2) is 18.2 Å². The van der Waals surface area contributed by atoms with Crippen molar-refractivity contribution in [2.45, 2.75) is 19.8 Å². The Morgan fingerprint density at radius 1 is 1.44 bits per heavy atom. The number of rotatable bonds is 2. The van der Waals surface area contributed by atoms with E-state index < -0.39 is 0 Å². The van der Waals surface area contributed by atoms with Crippen LogP contribution in [-0.4, -0.2) is 34.9 Å². The molecular formula is C14H18ClNO2. The van der Waals surface area contributed by atoms with Crippen LogP contribution >= 0.6 is 11.6 Å². The molecule has 0 unspecified atom stereocenters. The van der Waals surface area contributed by atoms with Crippen LogP contribution in [0.2, 0.25) is 0 Å². The highest BCUT2D eigenvalue weighted by atomic mass is 35.5. The predicted octanol–water partition coefficient (Wildman–Crippen LogP) is 2.79. The van der Waals surface area contributed by atoms with Gasteiger partial charge in [-0.15, -0.1) is 11.6 Å². The number of aryl methyl sites for hydroxylation is 1. The molecule has 98 valence electrons. The lowest BCUT2D eigenvalue weighted by Crippen LogP contribution is -2.39. The summed E-state index contributed by atoms with van der Waals surface area (Å²) in [5.74, 6) is 1.47. The highest BCUT2D eigenvalue weighted by molar-refractivity contribution is 6.18. The summed E-state index contributed by atoms with van der Waals surface area (Å²) in [5.41, 5.74) is 1.50. The van der Waals surface area contributed by atoms with Crippen LogP contribution in [0, 0.1) is 12.8 Å². The van der Waals surface area contributed by atoms with Crippen LogP contribution in [0.1, 0.15) is 28.8 Å². The second-order valence-electron chi connectivity index (χ2n) is 4.89. The molecule has 0 saturated carbocycles. The van der Waals surface area contributed by atoms with Gasteiger partial charge in [0.2, 0.25) is 0 Å². The molecule has 4 heteroatoms. The lowest BCUT2D eigenvalue weighted by molar-refractivity contribution is 0.0697. The summed E-state index contributed by atoms with van der Waals surface area (Å²) in [6.07, 6.45) is 1.96. The van der Waals surface area contributed by atoms with Crippen LogP contribution in [0.4, 0.5) is 0 Å². The molecule has 1 N–H and O–H groups in total. The second-order valence-corrected chi connectivity index (χ2v) is 5.20. The van der Waals surface area contributed by atoms with Gasteiger partial charge in [0.05, 0.1) is 0 Å². The largest absolute Gasteiger partial charge is 0.508 e. The average Bonchev–Trinajstić information content (AvgIpc) is 2.38. The Balaban J connectivity index is 2.08. The molecule has 1 aliphatic rings. The first-order valence-electron chi connectivity index (χ1n) is 6.26. The minimum absolute atomic E-state index is 0.0560. The number of piperidine rings is 1. The number of aromatic hydroxyl groups is 1. The number of halogens is 1. The quantitative estimate of drug-likeness (QED) is 0.837. The van der Waals surface area contributed by atoms with E-state index in [9.17, 15) is 9.90 Å². The first-order valence-corrected chi connectivity index (χ1v) is 6.80. The van der Waals surface area contributed by atoms with Gasteiger partial charge in [0.25, 0.3) is 5.91 Å². The molecule has 18 heavy (non-hydrogen) atoms. The molecular weight excluding hydrogens is 250 g/mol. The Hall–Kier alpha value is -1.22. The van der Waals surface area contributed by atoms with E-state index in [2.05, 4.69) is 0 Å². The molecule has 0 bridgehead atoms. The summed E-state index contributed by atoms with van der Waals surface area (Å²) in [7, 11) is 0. The van der Waals surface area contributed by atoms with E-state index in [1.165, 1.54) is 0 Å². The molecule has 3 nitrogen and oxygen atoms in total. The van der Waals surface area contributed by atoms with Gasteiger partial charge in [0.15, 0.2) is 0 Å². The summed E-state index contributed by atoms with van der Waals surface area (Å²) in [6.45, 7) is 3.39. The van der Waals surface area contributed by atoms with E-state index in [1.54, 1.807) is 18.2 Å². The van der Waals surface area contributed by atoms with Gasteiger partial charge < -0.3 is 10.0 Å². The van der Waals surface area contributed by atoms with Gasteiger partial charge in [-0.25, -0.2) is 0 Å². The molecule has 1 aromatic carbocycles. The molecule has 1 amide bonds. The third-order valence-corrected chi connectivity index (χ3v) is 4.00. The monoisotopic (exact) mass is 267 g/mol. The van der Waals surface area contributed by atoms with Crippen molar-refractivity contribution < 1.29 is 9.90 Å². The standard InChI is InChI=1S/C14H18ClNO2/c1-10-8-12(17)2-3-13(10)14(18)16-6-4-11(9-15)5-7-16/h2-3,8,11,17H,4-7,9H2,1H3. The smallest absolute Gasteiger partial charge is 0.254 e. The van der Waals surface area contributed by atoms with Crippen molar-refractivity contribution in [1.82, 2.24) is 4.90 Å². The van der Waals surface area contributed by atoms with E-state index in [0.29, 0.717) is 17.4 Å². The molecule has 1 aliphatic heterocycles. The Labute approximate surface area is 112 Å². The first-order chi connectivity index (χ1) is 8.61. The van der Waals surface area contributed by atoms with Gasteiger partial charge in [-0.2, -0.15) is 0 Å². The number of phenols is 1. The maximum absolute atomic E-state index is 12.3. The molecule has 0 radical (unpaired) electrons. The zero-order chi connectivity index (χ0) is 13.1. The van der Waals surface area contributed by atoms with Gasteiger partial charge in [-0.3, -0.25) is 4.79 Å². The number of phenolic OH excluding ortho intramolecular Hbond substituents is 1. The fraction of sp³-hybridized carbons (Fsp3) is 0.500. The van der Waals surface area contributed by atoms with Gasteiger partial charge in [0, 0.05) is 24.5 Å². The molecule has 0 aliphatic carbocycles. The third-order valence-electron chi connectivity index (χ3n) is 3.56. The van der Waals surface area contributed by atoms with E-state index in [4.69, 9.17) is 11.6 Å². The number of hydrogen-bond acceptors (Lipinski definition) is 2. The number of nitrogens with zero attached hydrogens (tertiary/aromatic N) is 1. The normalized spacial score (nSPS) is 16.9. The van der Waals surface area contributed by atoms with Gasteiger partial charge in [-0.05, 0) is 49.4 Å². The minimum atomic E-state index is 0.0560. The SMILES string of the molecule is Cc1cc(O)ccc1C(=O)N1CCC(CCl)CC1. The average molecular weight is 268 g/mol. The molecule has 1 fully saturated rings. The van der Waals surface area contributed by atoms with Crippen molar-refractivity contribution in [3.63, 3.8) is 0 Å². The van der Waals surface area contributed by atoms with Gasteiger partial charge in [-0.1, -0.05) is 0 Å². The molecule has 1 heterocycles. The van der Waals surface area contributed by atoms with Crippen molar-refractivity contribution in [3.8, 4) is 5.75 Å². The van der Waals surface area contributed by atoms with Crippen molar-refractivity contribution in [2.24, 2.45) is 5.92 Å². The van der Waals surface area contributed by atoms with Crippen molar-refractivity contribution in [3.05, 3.63) is 29.3 Å². The lowest BCUT2D eigenvalue weighted by Gasteiger charge is -2.31. The number of hydrogen-bond donors (Lipinski definition) is 1. The Bertz CT molecular complexity index is 439. The Morgan fingerprint density at radius 3 is 2.67 bits per heavy atom. The summed E-state index contributed by atoms with van der Waals surface area (Å²) >= 11 is 5.84. The molecule has 1 aromatic rings. The first kappa shape index (κ1) is 13.2. The predicted molar refractivity (Wildman–Crippen MR) is 72.2 cm³/mol. The molecule has 0 aromatic heterocycles. The summed E-state index contributed by atoms with van der Waals surface area (Å²) < 4.78 is 0. The maximum atomic E-state index is 12.3. The second kappa shape index (κ2) is 5.61. The number of carbonyl (C=O) groups excluding carboxylic acids is 1. The lowest BCUT2D eigenvalue weighted by atomic mass is 9.97. The summed E-state index contributed by atoms with van der Waals surface area (Å²) in [4.78, 5) is 14.2. The maximum Gasteiger partial charge on any atom is 0.254 e. The van der Waals surface area contributed by atoms with Crippen molar-refractivity contribution in [2.75, 3.05) is 19.0 Å². The van der Waals surface area contributed by atoms with Crippen LogP contribution in [0.25, 0.3) is 0 Å². The number of amides is 1. The minimum Gasteiger partial charge on any atom is -0.508 e. The fourth-order valence-corrected chi connectivity index (χ4v) is 2.66. The zero-order valence-corrected chi connectivity index (χ0v) is 11.3. The highest BCUT2D eigenvalue weighted by Gasteiger charge is 2.23. The third kappa shape index (κ3) is 2.78. The van der Waals surface area contributed by atoms with Gasteiger partial charge >= 0.3 is 0 Å². The molecule has 0 atom stereocenters. The number of alkyl halides is 1. The van der Waals surface area contributed by atoms with Crippen LogP contribution in [-0.2, 0) is 0 Å². The number of benzene rings is 1. The van der Waals surface area contributed by atoms with Crippen molar-refractivity contribution in [1.29, 1.82) is 0 Å². The number of likely N-dealkylation sites (tertiary alicyclic amines) is 1.